The number of piperazine rings is 1. The highest BCUT2D eigenvalue weighted by molar-refractivity contribution is 5.76. The van der Waals surface area contributed by atoms with Crippen LogP contribution < -0.4 is 15.6 Å². The number of benzene rings is 1. The van der Waals surface area contributed by atoms with Crippen LogP contribution in [0.1, 0.15) is 24.6 Å². The lowest BCUT2D eigenvalue weighted by Gasteiger charge is -2.32. The van der Waals surface area contributed by atoms with E-state index in [1.165, 1.54) is 4.52 Å². The highest BCUT2D eigenvalue weighted by atomic mass is 16.5. The van der Waals surface area contributed by atoms with E-state index >= 15 is 0 Å². The Morgan fingerprint density at radius 2 is 1.91 bits per heavy atom. The zero-order valence-electron chi connectivity index (χ0n) is 21.2. The number of fused-ring (bicyclic) bond motifs is 1. The van der Waals surface area contributed by atoms with Crippen molar-refractivity contribution >= 4 is 11.6 Å². The topological polar surface area (TPSA) is 84.1 Å². The first-order valence-corrected chi connectivity index (χ1v) is 12.4. The van der Waals surface area contributed by atoms with Crippen LogP contribution in [0, 0.1) is 6.92 Å². The van der Waals surface area contributed by atoms with Crippen molar-refractivity contribution < 1.29 is 9.53 Å². The molecule has 0 unspecified atom stereocenters. The van der Waals surface area contributed by atoms with Crippen LogP contribution in [0.5, 0.6) is 5.75 Å². The van der Waals surface area contributed by atoms with Crippen molar-refractivity contribution in [1.82, 2.24) is 29.3 Å². The monoisotopic (exact) mass is 480 g/mol. The number of carbonyl (C=O) groups excluding carboxylic acids is 1. The molecule has 1 saturated heterocycles. The molecule has 188 valence electrons. The predicted molar refractivity (Wildman–Crippen MR) is 137 cm³/mol. The van der Waals surface area contributed by atoms with Gasteiger partial charge in [0.1, 0.15) is 11.4 Å². The molecule has 1 N–H and O–H groups in total. The van der Waals surface area contributed by atoms with Gasteiger partial charge < -0.3 is 19.5 Å². The number of nitrogens with zero attached hydrogens (tertiary/aromatic N) is 5. The van der Waals surface area contributed by atoms with Gasteiger partial charge in [-0.1, -0.05) is 12.1 Å². The van der Waals surface area contributed by atoms with Crippen molar-refractivity contribution in [2.75, 3.05) is 53.4 Å². The molecule has 3 heterocycles. The smallest absolute Gasteiger partial charge is 0.277 e. The minimum atomic E-state index is -0.173. The van der Waals surface area contributed by atoms with Crippen molar-refractivity contribution in [3.63, 3.8) is 0 Å². The van der Waals surface area contributed by atoms with Gasteiger partial charge in [0.2, 0.25) is 5.91 Å². The van der Waals surface area contributed by atoms with E-state index in [1.54, 1.807) is 7.11 Å². The summed E-state index contributed by atoms with van der Waals surface area (Å²) in [5.74, 6) is 0.674. The molecule has 1 amide bonds. The van der Waals surface area contributed by atoms with Crippen LogP contribution in [0.4, 0.5) is 0 Å². The Hall–Kier alpha value is -3.17. The van der Waals surface area contributed by atoms with Crippen LogP contribution in [0.3, 0.4) is 0 Å². The van der Waals surface area contributed by atoms with Gasteiger partial charge in [-0.2, -0.15) is 9.61 Å². The Bertz CT molecular complexity index is 1240. The SMILES string of the molecule is CCn1c(C)c(CCC(=O)NCCN2CCN(C)CC2)c(=O)n2nc(-c3ccccc3OC)cc12. The molecule has 1 aliphatic heterocycles. The van der Waals surface area contributed by atoms with E-state index < -0.39 is 0 Å². The predicted octanol–water partition coefficient (Wildman–Crippen LogP) is 1.80. The minimum absolute atomic E-state index is 0.0313. The molecule has 0 atom stereocenters. The number of carbonyl (C=O) groups is 1. The second-order valence-corrected chi connectivity index (χ2v) is 9.11. The molecule has 35 heavy (non-hydrogen) atoms. The first kappa shape index (κ1) is 24.9. The Morgan fingerprint density at radius 1 is 1.17 bits per heavy atom. The normalized spacial score (nSPS) is 15.0. The first-order chi connectivity index (χ1) is 16.9. The Morgan fingerprint density at radius 3 is 2.63 bits per heavy atom. The lowest BCUT2D eigenvalue weighted by Crippen LogP contribution is -2.46. The maximum Gasteiger partial charge on any atom is 0.277 e. The third-order valence-electron chi connectivity index (χ3n) is 6.91. The number of nitrogens with one attached hydrogen (secondary N) is 1. The summed E-state index contributed by atoms with van der Waals surface area (Å²) in [7, 11) is 3.76. The van der Waals surface area contributed by atoms with Crippen molar-refractivity contribution in [3.05, 3.63) is 51.9 Å². The molecule has 3 aromatic rings. The third kappa shape index (κ3) is 5.41. The van der Waals surface area contributed by atoms with Crippen LogP contribution in [0.2, 0.25) is 0 Å². The summed E-state index contributed by atoms with van der Waals surface area (Å²) >= 11 is 0. The average Bonchev–Trinajstić information content (AvgIpc) is 3.30. The van der Waals surface area contributed by atoms with E-state index in [9.17, 15) is 9.59 Å². The largest absolute Gasteiger partial charge is 0.496 e. The lowest BCUT2D eigenvalue weighted by molar-refractivity contribution is -0.121. The quantitative estimate of drug-likeness (QED) is 0.503. The molecule has 0 radical (unpaired) electrons. The maximum absolute atomic E-state index is 13.4. The summed E-state index contributed by atoms with van der Waals surface area (Å²) in [5, 5.41) is 7.64. The van der Waals surface area contributed by atoms with Gasteiger partial charge in [0.15, 0.2) is 0 Å². The third-order valence-corrected chi connectivity index (χ3v) is 6.91. The fourth-order valence-corrected chi connectivity index (χ4v) is 4.76. The lowest BCUT2D eigenvalue weighted by atomic mass is 10.1. The molecular weight excluding hydrogens is 444 g/mol. The molecule has 1 fully saturated rings. The number of aryl methyl sites for hydroxylation is 1. The number of rotatable bonds is 9. The molecule has 9 heteroatoms. The van der Waals surface area contributed by atoms with Gasteiger partial charge in [0, 0.05) is 75.1 Å². The van der Waals surface area contributed by atoms with E-state index in [0.29, 0.717) is 36.5 Å². The van der Waals surface area contributed by atoms with Crippen molar-refractivity contribution in [3.8, 4) is 17.0 Å². The summed E-state index contributed by atoms with van der Waals surface area (Å²) in [4.78, 5) is 30.6. The molecule has 0 spiro atoms. The summed E-state index contributed by atoms with van der Waals surface area (Å²) in [6.45, 7) is 10.3. The summed E-state index contributed by atoms with van der Waals surface area (Å²) < 4.78 is 9.02. The van der Waals surface area contributed by atoms with Crippen LogP contribution in [-0.2, 0) is 17.8 Å². The zero-order chi connectivity index (χ0) is 24.9. The molecule has 9 nitrogen and oxygen atoms in total. The van der Waals surface area contributed by atoms with Crippen LogP contribution >= 0.6 is 0 Å². The minimum Gasteiger partial charge on any atom is -0.496 e. The fourth-order valence-electron chi connectivity index (χ4n) is 4.76. The van der Waals surface area contributed by atoms with Gasteiger partial charge >= 0.3 is 0 Å². The zero-order valence-corrected chi connectivity index (χ0v) is 21.2. The maximum atomic E-state index is 13.4. The van der Waals surface area contributed by atoms with Gasteiger partial charge in [-0.3, -0.25) is 14.5 Å². The standard InChI is InChI=1S/C26H36N6O3/c1-5-31-19(2)20(10-11-24(33)27-12-13-30-16-14-29(3)15-17-30)26(34)32-25(31)18-22(28-32)21-8-6-7-9-23(21)35-4/h6-9,18H,5,10-17H2,1-4H3,(H,27,33). The Balaban J connectivity index is 1.49. The van der Waals surface area contributed by atoms with Crippen LogP contribution in [0.15, 0.2) is 35.1 Å². The van der Waals surface area contributed by atoms with Crippen molar-refractivity contribution in [1.29, 1.82) is 0 Å². The Kier molecular flexibility index (Phi) is 7.87. The molecule has 2 aromatic heterocycles. The first-order valence-electron chi connectivity index (χ1n) is 12.4. The van der Waals surface area contributed by atoms with Gasteiger partial charge in [0.05, 0.1) is 12.8 Å². The van der Waals surface area contributed by atoms with Crippen LogP contribution in [-0.4, -0.2) is 83.3 Å². The molecule has 1 aromatic carbocycles. The van der Waals surface area contributed by atoms with Crippen molar-refractivity contribution in [2.24, 2.45) is 0 Å². The van der Waals surface area contributed by atoms with Gasteiger partial charge in [0.25, 0.3) is 5.56 Å². The number of ether oxygens (including phenoxy) is 1. The Labute approximate surface area is 206 Å². The van der Waals surface area contributed by atoms with E-state index in [0.717, 1.165) is 49.6 Å². The molecule has 0 saturated carbocycles. The molecule has 1 aliphatic rings. The molecular formula is C26H36N6O3. The van der Waals surface area contributed by atoms with Gasteiger partial charge in [-0.15, -0.1) is 0 Å². The average molecular weight is 481 g/mol. The number of hydrogen-bond donors (Lipinski definition) is 1. The van der Waals surface area contributed by atoms with Gasteiger partial charge in [-0.05, 0) is 39.4 Å². The number of methoxy groups -OCH3 is 1. The highest BCUT2D eigenvalue weighted by Gasteiger charge is 2.19. The number of amides is 1. The highest BCUT2D eigenvalue weighted by Crippen LogP contribution is 2.29. The number of likely N-dealkylation sites (N-methyl/N-ethyl adjacent to an activating group) is 1. The van der Waals surface area contributed by atoms with E-state index in [4.69, 9.17) is 4.74 Å². The number of aromatic nitrogens is 3. The summed E-state index contributed by atoms with van der Waals surface area (Å²) in [6, 6.07) is 9.56. The number of hydrogen-bond acceptors (Lipinski definition) is 6. The summed E-state index contributed by atoms with van der Waals surface area (Å²) in [5.41, 5.74) is 3.58. The van der Waals surface area contributed by atoms with Crippen LogP contribution in [0.25, 0.3) is 16.9 Å². The second kappa shape index (κ2) is 11.0. The fraction of sp³-hybridized carbons (Fsp3) is 0.500. The van der Waals surface area contributed by atoms with Gasteiger partial charge in [-0.25, -0.2) is 0 Å². The van der Waals surface area contributed by atoms with Crippen molar-refractivity contribution in [2.45, 2.75) is 33.2 Å². The summed E-state index contributed by atoms with van der Waals surface area (Å²) in [6.07, 6.45) is 0.652. The number of para-hydroxylation sites is 1. The molecule has 4 rings (SSSR count). The van der Waals surface area contributed by atoms with E-state index in [2.05, 4.69) is 31.8 Å². The molecule has 0 aliphatic carbocycles. The molecule has 0 bridgehead atoms. The van der Waals surface area contributed by atoms with E-state index in [1.807, 2.05) is 44.2 Å². The second-order valence-electron chi connectivity index (χ2n) is 9.11. The van der Waals surface area contributed by atoms with E-state index in [-0.39, 0.29) is 17.9 Å².